The van der Waals surface area contributed by atoms with Crippen molar-refractivity contribution in [1.82, 2.24) is 0 Å². The van der Waals surface area contributed by atoms with E-state index in [2.05, 4.69) is 4.74 Å². The fourth-order valence-corrected chi connectivity index (χ4v) is 1.29. The van der Waals surface area contributed by atoms with Gasteiger partial charge in [0.2, 0.25) is 0 Å². The maximum atomic E-state index is 11.1. The molecule has 0 unspecified atom stereocenters. The van der Waals surface area contributed by atoms with Gasteiger partial charge in [-0.15, -0.1) is 0 Å². The maximum absolute atomic E-state index is 11.1. The molecule has 2 atom stereocenters. The Morgan fingerprint density at radius 3 is 2.33 bits per heavy atom. The van der Waals surface area contributed by atoms with Crippen LogP contribution in [0.25, 0.3) is 0 Å². The van der Waals surface area contributed by atoms with Crippen LogP contribution in [0.3, 0.4) is 0 Å². The normalized spacial score (nSPS) is 33.3. The average Bonchev–Trinajstić information content (AvgIpc) is 2.23. The molecule has 1 heterocycles. The van der Waals surface area contributed by atoms with E-state index in [1.165, 1.54) is 7.11 Å². The van der Waals surface area contributed by atoms with Crippen LogP contribution >= 0.6 is 0 Å². The third-order valence-electron chi connectivity index (χ3n) is 1.74. The number of carbonyl (C=O) groups excluding carboxylic acids is 1. The Bertz CT molecular complexity index is 187. The van der Waals surface area contributed by atoms with E-state index in [1.54, 1.807) is 20.8 Å². The van der Waals surface area contributed by atoms with Gasteiger partial charge < -0.3 is 14.2 Å². The molecule has 0 aromatic heterocycles. The van der Waals surface area contributed by atoms with Crippen LogP contribution in [0.15, 0.2) is 0 Å². The first-order valence-electron chi connectivity index (χ1n) is 3.90. The molecule has 0 aromatic carbocycles. The monoisotopic (exact) mass is 174 g/mol. The van der Waals surface area contributed by atoms with Gasteiger partial charge in [-0.05, 0) is 20.8 Å². The Labute approximate surface area is 71.8 Å². The van der Waals surface area contributed by atoms with Gasteiger partial charge in [-0.2, -0.15) is 0 Å². The van der Waals surface area contributed by atoms with Crippen molar-refractivity contribution < 1.29 is 19.0 Å². The van der Waals surface area contributed by atoms with Crippen molar-refractivity contribution in [2.45, 2.75) is 38.8 Å². The fourth-order valence-electron chi connectivity index (χ4n) is 1.29. The van der Waals surface area contributed by atoms with Crippen molar-refractivity contribution in [1.29, 1.82) is 0 Å². The van der Waals surface area contributed by atoms with E-state index in [-0.39, 0.29) is 12.1 Å². The van der Waals surface area contributed by atoms with E-state index in [0.29, 0.717) is 0 Å². The second kappa shape index (κ2) is 3.03. The van der Waals surface area contributed by atoms with Crippen molar-refractivity contribution in [3.8, 4) is 0 Å². The zero-order valence-corrected chi connectivity index (χ0v) is 7.79. The van der Waals surface area contributed by atoms with Crippen LogP contribution in [0.2, 0.25) is 0 Å². The number of hydrogen-bond donors (Lipinski definition) is 0. The summed E-state index contributed by atoms with van der Waals surface area (Å²) in [7, 11) is 1.34. The van der Waals surface area contributed by atoms with Crippen molar-refractivity contribution >= 4 is 5.97 Å². The van der Waals surface area contributed by atoms with Crippen LogP contribution in [0, 0.1) is 0 Å². The Hall–Kier alpha value is -0.610. The SMILES string of the molecule is COC(=O)[C@@H]1OC(C)(C)O[C@H]1C. The summed E-state index contributed by atoms with van der Waals surface area (Å²) in [6, 6.07) is 0. The van der Waals surface area contributed by atoms with E-state index in [4.69, 9.17) is 9.47 Å². The first-order valence-corrected chi connectivity index (χ1v) is 3.90. The minimum absolute atomic E-state index is 0.243. The molecule has 1 saturated heterocycles. The highest BCUT2D eigenvalue weighted by Gasteiger charge is 2.43. The molecule has 0 amide bonds. The molecule has 70 valence electrons. The van der Waals surface area contributed by atoms with Gasteiger partial charge >= 0.3 is 5.97 Å². The van der Waals surface area contributed by atoms with Gasteiger partial charge in [0, 0.05) is 0 Å². The summed E-state index contributed by atoms with van der Waals surface area (Å²) in [5, 5.41) is 0. The summed E-state index contributed by atoms with van der Waals surface area (Å²) < 4.78 is 15.2. The number of methoxy groups -OCH3 is 1. The zero-order valence-electron chi connectivity index (χ0n) is 7.79. The molecule has 1 aliphatic rings. The molecule has 0 spiro atoms. The van der Waals surface area contributed by atoms with Gasteiger partial charge in [0.05, 0.1) is 13.2 Å². The van der Waals surface area contributed by atoms with Gasteiger partial charge in [-0.1, -0.05) is 0 Å². The highest BCUT2D eigenvalue weighted by molar-refractivity contribution is 5.75. The minimum atomic E-state index is -0.682. The van der Waals surface area contributed by atoms with Crippen molar-refractivity contribution in [3.63, 3.8) is 0 Å². The topological polar surface area (TPSA) is 44.8 Å². The van der Waals surface area contributed by atoms with E-state index < -0.39 is 11.9 Å². The van der Waals surface area contributed by atoms with Crippen LogP contribution in [0.1, 0.15) is 20.8 Å². The third kappa shape index (κ3) is 1.76. The lowest BCUT2D eigenvalue weighted by Crippen LogP contribution is -2.30. The molecule has 12 heavy (non-hydrogen) atoms. The Kier molecular flexibility index (Phi) is 2.39. The third-order valence-corrected chi connectivity index (χ3v) is 1.74. The number of hydrogen-bond acceptors (Lipinski definition) is 4. The lowest BCUT2D eigenvalue weighted by atomic mass is 10.2. The molecule has 0 N–H and O–H groups in total. The van der Waals surface area contributed by atoms with Crippen molar-refractivity contribution in [2.75, 3.05) is 7.11 Å². The second-order valence-corrected chi connectivity index (χ2v) is 3.28. The zero-order chi connectivity index (χ0) is 9.35. The molecule has 0 aromatic rings. The number of carbonyl (C=O) groups is 1. The van der Waals surface area contributed by atoms with Crippen LogP contribution in [0.4, 0.5) is 0 Å². The molecule has 0 radical (unpaired) electrons. The molecular weight excluding hydrogens is 160 g/mol. The van der Waals surface area contributed by atoms with Gasteiger partial charge in [0.15, 0.2) is 11.9 Å². The number of esters is 1. The van der Waals surface area contributed by atoms with Crippen molar-refractivity contribution in [2.24, 2.45) is 0 Å². The number of rotatable bonds is 1. The summed E-state index contributed by atoms with van der Waals surface area (Å²) in [6.45, 7) is 5.33. The summed E-state index contributed by atoms with van der Waals surface area (Å²) in [5.74, 6) is -1.06. The summed E-state index contributed by atoms with van der Waals surface area (Å²) in [6.07, 6.45) is -0.836. The highest BCUT2D eigenvalue weighted by atomic mass is 16.8. The maximum Gasteiger partial charge on any atom is 0.337 e. The van der Waals surface area contributed by atoms with Crippen LogP contribution < -0.4 is 0 Å². The lowest BCUT2D eigenvalue weighted by molar-refractivity contribution is -0.168. The van der Waals surface area contributed by atoms with Gasteiger partial charge in [-0.25, -0.2) is 4.79 Å². The fraction of sp³-hybridized carbons (Fsp3) is 0.875. The minimum Gasteiger partial charge on any atom is -0.467 e. The smallest absolute Gasteiger partial charge is 0.337 e. The first kappa shape index (κ1) is 9.48. The van der Waals surface area contributed by atoms with Gasteiger partial charge in [0.25, 0.3) is 0 Å². The Morgan fingerprint density at radius 2 is 2.00 bits per heavy atom. The molecule has 0 saturated carbocycles. The molecule has 1 aliphatic heterocycles. The summed E-state index contributed by atoms with van der Waals surface area (Å²) in [4.78, 5) is 11.1. The molecule has 0 aliphatic carbocycles. The lowest BCUT2D eigenvalue weighted by Gasteiger charge is -2.15. The van der Waals surface area contributed by atoms with Gasteiger partial charge in [-0.3, -0.25) is 0 Å². The van der Waals surface area contributed by atoms with Gasteiger partial charge in [0.1, 0.15) is 0 Å². The Morgan fingerprint density at radius 1 is 1.42 bits per heavy atom. The molecule has 1 rings (SSSR count). The standard InChI is InChI=1S/C8H14O4/c1-5-6(7(9)10-4)12-8(2,3)11-5/h5-6H,1-4H3/t5-,6+/m0/s1. The molecule has 1 fully saturated rings. The second-order valence-electron chi connectivity index (χ2n) is 3.28. The first-order chi connectivity index (χ1) is 5.46. The molecule has 4 nitrogen and oxygen atoms in total. The molecule has 0 bridgehead atoms. The predicted molar refractivity (Wildman–Crippen MR) is 41.5 cm³/mol. The van der Waals surface area contributed by atoms with E-state index in [0.717, 1.165) is 0 Å². The summed E-state index contributed by atoms with van der Waals surface area (Å²) in [5.41, 5.74) is 0. The molecular formula is C8H14O4. The van der Waals surface area contributed by atoms with E-state index in [1.807, 2.05) is 0 Å². The Balaban J connectivity index is 2.64. The summed E-state index contributed by atoms with van der Waals surface area (Å²) >= 11 is 0. The van der Waals surface area contributed by atoms with Crippen LogP contribution in [0.5, 0.6) is 0 Å². The molecule has 4 heteroatoms. The average molecular weight is 174 g/mol. The quantitative estimate of drug-likeness (QED) is 0.549. The number of ether oxygens (including phenoxy) is 3. The van der Waals surface area contributed by atoms with Crippen LogP contribution in [-0.4, -0.2) is 31.1 Å². The largest absolute Gasteiger partial charge is 0.467 e. The van der Waals surface area contributed by atoms with Crippen molar-refractivity contribution in [3.05, 3.63) is 0 Å². The van der Waals surface area contributed by atoms with E-state index >= 15 is 0 Å². The van der Waals surface area contributed by atoms with E-state index in [9.17, 15) is 4.79 Å². The highest BCUT2D eigenvalue weighted by Crippen LogP contribution is 2.28. The predicted octanol–water partition coefficient (Wildman–Crippen LogP) is 0.699. The van der Waals surface area contributed by atoms with Crippen LogP contribution in [-0.2, 0) is 19.0 Å².